The molecule has 0 aliphatic carbocycles. The molecule has 82 valence electrons. The lowest BCUT2D eigenvalue weighted by Gasteiger charge is -2.38. The molecule has 0 aromatic heterocycles. The summed E-state index contributed by atoms with van der Waals surface area (Å²) >= 11 is 0. The molecule has 0 bridgehead atoms. The Morgan fingerprint density at radius 1 is 1.50 bits per heavy atom. The zero-order valence-electron chi connectivity index (χ0n) is 9.79. The van der Waals surface area contributed by atoms with E-state index in [2.05, 4.69) is 23.9 Å². The molecule has 1 aliphatic heterocycles. The highest BCUT2D eigenvalue weighted by Crippen LogP contribution is 2.16. The first-order valence-corrected chi connectivity index (χ1v) is 5.43. The van der Waals surface area contributed by atoms with Crippen LogP contribution in [0, 0.1) is 0 Å². The van der Waals surface area contributed by atoms with Gasteiger partial charge in [-0.05, 0) is 47.3 Å². The van der Waals surface area contributed by atoms with E-state index < -0.39 is 0 Å². The monoisotopic (exact) mass is 198 g/mol. The van der Waals surface area contributed by atoms with Crippen molar-refractivity contribution in [1.29, 1.82) is 0 Å². The summed E-state index contributed by atoms with van der Waals surface area (Å²) in [5.74, 6) is 0.282. The van der Waals surface area contributed by atoms with Crippen molar-refractivity contribution in [3.63, 3.8) is 0 Å². The van der Waals surface area contributed by atoms with Crippen LogP contribution in [0.5, 0.6) is 0 Å². The first-order chi connectivity index (χ1) is 6.52. The summed E-state index contributed by atoms with van der Waals surface area (Å²) in [5.41, 5.74) is 0. The van der Waals surface area contributed by atoms with Gasteiger partial charge in [0.15, 0.2) is 0 Å². The van der Waals surface area contributed by atoms with Crippen molar-refractivity contribution in [2.75, 3.05) is 27.2 Å². The average molecular weight is 198 g/mol. The Bertz CT molecular complexity index is 203. The zero-order valence-corrected chi connectivity index (χ0v) is 9.79. The highest BCUT2D eigenvalue weighted by molar-refractivity contribution is 5.80. The molecule has 0 amide bonds. The maximum absolute atomic E-state index is 11.3. The summed E-state index contributed by atoms with van der Waals surface area (Å²) in [6.07, 6.45) is 2.47. The molecule has 14 heavy (non-hydrogen) atoms. The zero-order chi connectivity index (χ0) is 10.7. The number of ketones is 1. The number of rotatable bonds is 3. The minimum Gasteiger partial charge on any atom is -0.305 e. The van der Waals surface area contributed by atoms with Gasteiger partial charge >= 0.3 is 0 Å². The Morgan fingerprint density at radius 3 is 2.64 bits per heavy atom. The van der Waals surface area contributed by atoms with Crippen LogP contribution in [-0.4, -0.2) is 54.9 Å². The molecule has 1 fully saturated rings. The third-order valence-corrected chi connectivity index (χ3v) is 3.29. The second-order valence-corrected chi connectivity index (χ2v) is 4.54. The summed E-state index contributed by atoms with van der Waals surface area (Å²) in [5, 5.41) is 0. The van der Waals surface area contributed by atoms with E-state index in [-0.39, 0.29) is 11.8 Å². The Labute approximate surface area is 87.1 Å². The lowest BCUT2D eigenvalue weighted by Crippen LogP contribution is -2.50. The van der Waals surface area contributed by atoms with Crippen molar-refractivity contribution in [3.8, 4) is 0 Å². The lowest BCUT2D eigenvalue weighted by atomic mass is 10.0. The summed E-state index contributed by atoms with van der Waals surface area (Å²) in [4.78, 5) is 15.8. The number of carbonyl (C=O) groups excluding carboxylic acids is 1. The molecule has 0 spiro atoms. The normalized spacial score (nSPS) is 26.5. The molecule has 1 heterocycles. The van der Waals surface area contributed by atoms with Gasteiger partial charge in [0.05, 0.1) is 6.04 Å². The third kappa shape index (κ3) is 2.79. The molecule has 0 radical (unpaired) electrons. The van der Waals surface area contributed by atoms with E-state index in [1.165, 1.54) is 12.8 Å². The third-order valence-electron chi connectivity index (χ3n) is 3.29. The van der Waals surface area contributed by atoms with Crippen molar-refractivity contribution in [1.82, 2.24) is 9.80 Å². The average Bonchev–Trinajstić information content (AvgIpc) is 2.16. The molecular weight excluding hydrogens is 176 g/mol. The minimum absolute atomic E-state index is 0.0951. The van der Waals surface area contributed by atoms with Gasteiger partial charge in [-0.3, -0.25) is 9.69 Å². The highest BCUT2D eigenvalue weighted by atomic mass is 16.1. The summed E-state index contributed by atoms with van der Waals surface area (Å²) < 4.78 is 0. The van der Waals surface area contributed by atoms with Crippen molar-refractivity contribution >= 4 is 5.78 Å². The van der Waals surface area contributed by atoms with Crippen molar-refractivity contribution in [2.24, 2.45) is 0 Å². The highest BCUT2D eigenvalue weighted by Gasteiger charge is 2.26. The van der Waals surface area contributed by atoms with Gasteiger partial charge in [0.25, 0.3) is 0 Å². The molecule has 1 aliphatic rings. The number of carbonyl (C=O) groups is 1. The fourth-order valence-electron chi connectivity index (χ4n) is 2.01. The van der Waals surface area contributed by atoms with Crippen LogP contribution in [0.1, 0.15) is 26.7 Å². The number of hydrogen-bond acceptors (Lipinski definition) is 3. The Hall–Kier alpha value is -0.410. The Kier molecular flexibility index (Phi) is 4.08. The smallest absolute Gasteiger partial charge is 0.146 e. The Morgan fingerprint density at radius 2 is 2.14 bits per heavy atom. The number of nitrogens with zero attached hydrogens (tertiary/aromatic N) is 2. The van der Waals surface area contributed by atoms with E-state index in [9.17, 15) is 4.79 Å². The predicted molar refractivity (Wildman–Crippen MR) is 58.4 cm³/mol. The van der Waals surface area contributed by atoms with Gasteiger partial charge in [-0.2, -0.15) is 0 Å². The van der Waals surface area contributed by atoms with Crippen molar-refractivity contribution < 1.29 is 4.79 Å². The van der Waals surface area contributed by atoms with Gasteiger partial charge in [-0.15, -0.1) is 0 Å². The number of piperidine rings is 1. The van der Waals surface area contributed by atoms with Gasteiger partial charge in [0.2, 0.25) is 0 Å². The van der Waals surface area contributed by atoms with E-state index >= 15 is 0 Å². The van der Waals surface area contributed by atoms with Crippen LogP contribution in [-0.2, 0) is 4.79 Å². The molecule has 0 aromatic rings. The first-order valence-electron chi connectivity index (χ1n) is 5.43. The van der Waals surface area contributed by atoms with Gasteiger partial charge in [0.1, 0.15) is 5.78 Å². The minimum atomic E-state index is 0.0951. The summed E-state index contributed by atoms with van der Waals surface area (Å²) in [6, 6.07) is 0.711. The quantitative estimate of drug-likeness (QED) is 0.675. The van der Waals surface area contributed by atoms with Gasteiger partial charge in [-0.25, -0.2) is 0 Å². The Balaban J connectivity index is 2.51. The maximum Gasteiger partial charge on any atom is 0.146 e. The van der Waals surface area contributed by atoms with Gasteiger partial charge < -0.3 is 4.90 Å². The van der Waals surface area contributed by atoms with Crippen molar-refractivity contribution in [3.05, 3.63) is 0 Å². The number of hydrogen-bond donors (Lipinski definition) is 0. The van der Waals surface area contributed by atoms with E-state index in [0.717, 1.165) is 13.1 Å². The van der Waals surface area contributed by atoms with Crippen LogP contribution in [0.4, 0.5) is 0 Å². The van der Waals surface area contributed by atoms with Crippen LogP contribution in [0.2, 0.25) is 0 Å². The molecule has 3 heteroatoms. The van der Waals surface area contributed by atoms with Crippen LogP contribution in [0.25, 0.3) is 0 Å². The molecule has 0 saturated carbocycles. The SMILES string of the molecule is CC(=O)C(C)N1CCCC(N(C)C)C1. The number of Topliss-reactive ketones (excluding diaryl/α,β-unsaturated/α-hetero) is 1. The standard InChI is InChI=1S/C11H22N2O/c1-9(10(2)14)13-7-5-6-11(8-13)12(3)4/h9,11H,5-8H2,1-4H3. The molecule has 0 N–H and O–H groups in total. The number of likely N-dealkylation sites (N-methyl/N-ethyl adjacent to an activating group) is 1. The van der Waals surface area contributed by atoms with Gasteiger partial charge in [-0.1, -0.05) is 0 Å². The fraction of sp³-hybridized carbons (Fsp3) is 0.909. The predicted octanol–water partition coefficient (Wildman–Crippen LogP) is 0.990. The molecule has 1 rings (SSSR count). The second kappa shape index (κ2) is 4.89. The van der Waals surface area contributed by atoms with E-state index in [1.54, 1.807) is 6.92 Å². The number of likely N-dealkylation sites (tertiary alicyclic amines) is 1. The van der Waals surface area contributed by atoms with Crippen LogP contribution < -0.4 is 0 Å². The second-order valence-electron chi connectivity index (χ2n) is 4.54. The lowest BCUT2D eigenvalue weighted by molar-refractivity contribution is -0.122. The molecule has 0 aromatic carbocycles. The summed E-state index contributed by atoms with van der Waals surface area (Å²) in [7, 11) is 4.24. The topological polar surface area (TPSA) is 23.6 Å². The molecule has 3 nitrogen and oxygen atoms in total. The van der Waals surface area contributed by atoms with Crippen LogP contribution in [0.3, 0.4) is 0 Å². The van der Waals surface area contributed by atoms with E-state index in [1.807, 2.05) is 6.92 Å². The molecular formula is C11H22N2O. The van der Waals surface area contributed by atoms with E-state index in [4.69, 9.17) is 0 Å². The largest absolute Gasteiger partial charge is 0.305 e. The molecule has 2 atom stereocenters. The van der Waals surface area contributed by atoms with Crippen molar-refractivity contribution in [2.45, 2.75) is 38.8 Å². The van der Waals surface area contributed by atoms with Crippen LogP contribution in [0.15, 0.2) is 0 Å². The molecule has 2 unspecified atom stereocenters. The maximum atomic E-state index is 11.3. The van der Waals surface area contributed by atoms with Crippen LogP contribution >= 0.6 is 0 Å². The summed E-state index contributed by atoms with van der Waals surface area (Å²) in [6.45, 7) is 5.81. The molecule has 1 saturated heterocycles. The van der Waals surface area contributed by atoms with Gasteiger partial charge in [0, 0.05) is 12.6 Å². The van der Waals surface area contributed by atoms with E-state index in [0.29, 0.717) is 6.04 Å². The fourth-order valence-corrected chi connectivity index (χ4v) is 2.01. The first kappa shape index (κ1) is 11.7.